The van der Waals surface area contributed by atoms with Crippen LogP contribution in [-0.2, 0) is 4.74 Å². The Morgan fingerprint density at radius 1 is 0.684 bits per heavy atom. The van der Waals surface area contributed by atoms with Crippen LogP contribution in [0.3, 0.4) is 0 Å². The van der Waals surface area contributed by atoms with Gasteiger partial charge in [0.1, 0.15) is 0 Å². The first kappa shape index (κ1) is 15.4. The summed E-state index contributed by atoms with van der Waals surface area (Å²) >= 11 is 0. The fourth-order valence-electron chi connectivity index (χ4n) is 3.89. The number of ether oxygens (including phenoxy) is 1. The van der Waals surface area contributed by atoms with Crippen LogP contribution in [0.5, 0.6) is 0 Å². The average molecular weight is 266 g/mol. The zero-order chi connectivity index (χ0) is 13.5. The lowest BCUT2D eigenvalue weighted by Crippen LogP contribution is -2.38. The van der Waals surface area contributed by atoms with Crippen molar-refractivity contribution in [2.45, 2.75) is 103 Å². The van der Waals surface area contributed by atoms with E-state index in [1.165, 1.54) is 77.0 Å². The van der Waals surface area contributed by atoms with Gasteiger partial charge in [0.2, 0.25) is 0 Å². The molecule has 0 N–H and O–H groups in total. The Bertz CT molecular complexity index is 238. The van der Waals surface area contributed by atoms with Gasteiger partial charge in [-0.2, -0.15) is 0 Å². The van der Waals surface area contributed by atoms with Crippen LogP contribution in [0.25, 0.3) is 0 Å². The van der Waals surface area contributed by atoms with Crippen LogP contribution in [0.1, 0.15) is 90.9 Å². The molecule has 2 bridgehead atoms. The topological polar surface area (TPSA) is 9.23 Å². The minimum absolute atomic E-state index is 0.552. The highest BCUT2D eigenvalue weighted by Crippen LogP contribution is 2.34. The largest absolute Gasteiger partial charge is 0.375 e. The first-order chi connectivity index (χ1) is 9.27. The van der Waals surface area contributed by atoms with E-state index in [0.717, 1.165) is 11.8 Å². The van der Waals surface area contributed by atoms with Crippen molar-refractivity contribution in [2.75, 3.05) is 0 Å². The summed E-state index contributed by atoms with van der Waals surface area (Å²) in [6.45, 7) is 4.85. The van der Waals surface area contributed by atoms with Crippen molar-refractivity contribution in [3.63, 3.8) is 0 Å². The molecule has 0 spiro atoms. The molecule has 0 aliphatic carbocycles. The highest BCUT2D eigenvalue weighted by molar-refractivity contribution is 4.81. The molecule has 0 saturated carbocycles. The minimum Gasteiger partial charge on any atom is -0.375 e. The standard InChI is InChI=1S/C18H34O/c1-15-14-17-12-10-8-6-4-3-5-7-9-11-13-18(19-17)16(15)2/h15-18H,3-14H2,1-2H3. The van der Waals surface area contributed by atoms with Crippen LogP contribution in [0.15, 0.2) is 0 Å². The van der Waals surface area contributed by atoms with Gasteiger partial charge in [-0.05, 0) is 31.1 Å². The summed E-state index contributed by atoms with van der Waals surface area (Å²) in [5.74, 6) is 1.63. The number of fused-ring (bicyclic) bond motifs is 2. The van der Waals surface area contributed by atoms with Crippen LogP contribution in [0, 0.1) is 11.8 Å². The molecule has 0 amide bonds. The molecule has 0 aromatic heterocycles. The van der Waals surface area contributed by atoms with Gasteiger partial charge < -0.3 is 4.74 Å². The van der Waals surface area contributed by atoms with Gasteiger partial charge in [-0.25, -0.2) is 0 Å². The molecule has 1 nitrogen and oxygen atoms in total. The summed E-state index contributed by atoms with van der Waals surface area (Å²) in [7, 11) is 0. The second-order valence-corrected chi connectivity index (χ2v) is 7.13. The fourth-order valence-corrected chi connectivity index (χ4v) is 3.89. The molecule has 2 aliphatic heterocycles. The van der Waals surface area contributed by atoms with E-state index in [1.54, 1.807) is 0 Å². The van der Waals surface area contributed by atoms with Gasteiger partial charge in [-0.15, -0.1) is 0 Å². The fraction of sp³-hybridized carbons (Fsp3) is 1.00. The summed E-state index contributed by atoms with van der Waals surface area (Å²) in [6.07, 6.45) is 17.9. The van der Waals surface area contributed by atoms with Crippen LogP contribution < -0.4 is 0 Å². The Balaban J connectivity index is 1.85. The van der Waals surface area contributed by atoms with Gasteiger partial charge in [0.15, 0.2) is 0 Å². The van der Waals surface area contributed by atoms with Gasteiger partial charge in [-0.1, -0.05) is 71.6 Å². The van der Waals surface area contributed by atoms with Crippen molar-refractivity contribution in [3.8, 4) is 0 Å². The Kier molecular flexibility index (Phi) is 6.70. The second kappa shape index (κ2) is 8.29. The minimum atomic E-state index is 0.552. The van der Waals surface area contributed by atoms with E-state index in [4.69, 9.17) is 4.74 Å². The predicted octanol–water partition coefficient (Wildman–Crippen LogP) is 5.72. The Labute approximate surface area is 120 Å². The normalized spacial score (nSPS) is 39.5. The molecule has 2 aliphatic rings. The molecule has 2 fully saturated rings. The smallest absolute Gasteiger partial charge is 0.0607 e. The molecule has 0 radical (unpaired) electrons. The molecule has 4 unspecified atom stereocenters. The highest BCUT2D eigenvalue weighted by atomic mass is 16.5. The van der Waals surface area contributed by atoms with Gasteiger partial charge in [0, 0.05) is 0 Å². The highest BCUT2D eigenvalue weighted by Gasteiger charge is 2.32. The van der Waals surface area contributed by atoms with E-state index >= 15 is 0 Å². The van der Waals surface area contributed by atoms with Crippen molar-refractivity contribution < 1.29 is 4.74 Å². The van der Waals surface area contributed by atoms with Crippen molar-refractivity contribution in [1.29, 1.82) is 0 Å². The van der Waals surface area contributed by atoms with E-state index < -0.39 is 0 Å². The zero-order valence-corrected chi connectivity index (χ0v) is 13.2. The van der Waals surface area contributed by atoms with E-state index in [1.807, 2.05) is 0 Å². The summed E-state index contributed by atoms with van der Waals surface area (Å²) < 4.78 is 6.41. The SMILES string of the molecule is CC1CC2CCCCCCCCCCCC(O2)C1C. The third-order valence-corrected chi connectivity index (χ3v) is 5.50. The lowest BCUT2D eigenvalue weighted by Gasteiger charge is -2.39. The monoisotopic (exact) mass is 266 g/mol. The molecular weight excluding hydrogens is 232 g/mol. The van der Waals surface area contributed by atoms with Crippen molar-refractivity contribution in [3.05, 3.63) is 0 Å². The maximum absolute atomic E-state index is 6.41. The van der Waals surface area contributed by atoms with Crippen LogP contribution in [0.2, 0.25) is 0 Å². The average Bonchev–Trinajstić information content (AvgIpc) is 2.40. The second-order valence-electron chi connectivity index (χ2n) is 7.13. The molecular formula is C18H34O. The van der Waals surface area contributed by atoms with Gasteiger partial charge >= 0.3 is 0 Å². The Morgan fingerprint density at radius 2 is 1.21 bits per heavy atom. The number of hydrogen-bond donors (Lipinski definition) is 0. The molecule has 4 atom stereocenters. The van der Waals surface area contributed by atoms with Crippen molar-refractivity contribution in [2.24, 2.45) is 11.8 Å². The summed E-state index contributed by atoms with van der Waals surface area (Å²) in [5, 5.41) is 0. The predicted molar refractivity (Wildman–Crippen MR) is 82.4 cm³/mol. The van der Waals surface area contributed by atoms with Gasteiger partial charge in [0.05, 0.1) is 12.2 Å². The van der Waals surface area contributed by atoms with Gasteiger partial charge in [-0.3, -0.25) is 0 Å². The Morgan fingerprint density at radius 3 is 1.84 bits per heavy atom. The molecule has 19 heavy (non-hydrogen) atoms. The van der Waals surface area contributed by atoms with E-state index in [-0.39, 0.29) is 0 Å². The van der Waals surface area contributed by atoms with E-state index in [0.29, 0.717) is 12.2 Å². The van der Waals surface area contributed by atoms with Crippen molar-refractivity contribution >= 4 is 0 Å². The number of rotatable bonds is 0. The molecule has 2 rings (SSSR count). The third-order valence-electron chi connectivity index (χ3n) is 5.50. The summed E-state index contributed by atoms with van der Waals surface area (Å²) in [4.78, 5) is 0. The molecule has 0 aromatic carbocycles. The first-order valence-electron chi connectivity index (χ1n) is 8.93. The first-order valence-corrected chi connectivity index (χ1v) is 8.93. The maximum atomic E-state index is 6.41. The van der Waals surface area contributed by atoms with Gasteiger partial charge in [0.25, 0.3) is 0 Å². The summed E-state index contributed by atoms with van der Waals surface area (Å²) in [6, 6.07) is 0. The third kappa shape index (κ3) is 5.10. The molecule has 1 heteroatoms. The molecule has 2 heterocycles. The number of hydrogen-bond acceptors (Lipinski definition) is 1. The Hall–Kier alpha value is -0.0400. The van der Waals surface area contributed by atoms with E-state index in [9.17, 15) is 0 Å². The van der Waals surface area contributed by atoms with Crippen molar-refractivity contribution in [1.82, 2.24) is 0 Å². The van der Waals surface area contributed by atoms with E-state index in [2.05, 4.69) is 13.8 Å². The maximum Gasteiger partial charge on any atom is 0.0607 e. The molecule has 0 aromatic rings. The van der Waals surface area contributed by atoms with Crippen LogP contribution in [0.4, 0.5) is 0 Å². The molecule has 112 valence electrons. The van der Waals surface area contributed by atoms with Crippen LogP contribution >= 0.6 is 0 Å². The lowest BCUT2D eigenvalue weighted by atomic mass is 9.80. The zero-order valence-electron chi connectivity index (χ0n) is 13.2. The summed E-state index contributed by atoms with van der Waals surface area (Å²) in [5.41, 5.74) is 0. The van der Waals surface area contributed by atoms with Crippen LogP contribution in [-0.4, -0.2) is 12.2 Å². The lowest BCUT2D eigenvalue weighted by molar-refractivity contribution is -0.107. The quantitative estimate of drug-likeness (QED) is 0.545. The molecule has 2 saturated heterocycles.